The molecule has 0 radical (unpaired) electrons. The van der Waals surface area contributed by atoms with Crippen LogP contribution in [0.25, 0.3) is 0 Å². The number of carbonyl (C=O) groups is 1. The summed E-state index contributed by atoms with van der Waals surface area (Å²) in [6.45, 7) is 0. The molecule has 82 valence electrons. The molecule has 1 heterocycles. The maximum absolute atomic E-state index is 12.9. The molecular formula is C8H5ClF3NO2. The zero-order valence-corrected chi connectivity index (χ0v) is 7.93. The number of hydrogen-bond donors (Lipinski definition) is 1. The quantitative estimate of drug-likeness (QED) is 0.824. The molecular weight excluding hydrogens is 235 g/mol. The van der Waals surface area contributed by atoms with Crippen molar-refractivity contribution in [1.82, 2.24) is 4.98 Å². The largest absolute Gasteiger partial charge is 0.481 e. The average Bonchev–Trinajstić information content (AvgIpc) is 2.11. The maximum atomic E-state index is 12.9. The molecule has 7 heteroatoms. The van der Waals surface area contributed by atoms with Crippen LogP contribution in [0.15, 0.2) is 6.07 Å². The van der Waals surface area contributed by atoms with Gasteiger partial charge in [-0.15, -0.1) is 0 Å². The van der Waals surface area contributed by atoms with Gasteiger partial charge in [0.2, 0.25) is 5.95 Å². The van der Waals surface area contributed by atoms with Crippen molar-refractivity contribution < 1.29 is 23.1 Å². The zero-order valence-electron chi connectivity index (χ0n) is 7.18. The van der Waals surface area contributed by atoms with E-state index in [1.807, 2.05) is 0 Å². The third-order valence-electron chi connectivity index (χ3n) is 1.58. The topological polar surface area (TPSA) is 50.2 Å². The van der Waals surface area contributed by atoms with Gasteiger partial charge < -0.3 is 5.11 Å². The Morgan fingerprint density at radius 2 is 2.20 bits per heavy atom. The van der Waals surface area contributed by atoms with E-state index in [0.717, 1.165) is 6.07 Å². The molecule has 1 aromatic rings. The fourth-order valence-electron chi connectivity index (χ4n) is 0.972. The lowest BCUT2D eigenvalue weighted by molar-refractivity contribution is -0.136. The highest BCUT2D eigenvalue weighted by Gasteiger charge is 2.17. The van der Waals surface area contributed by atoms with Crippen LogP contribution in [-0.2, 0) is 11.2 Å². The molecule has 0 spiro atoms. The van der Waals surface area contributed by atoms with Crippen LogP contribution < -0.4 is 0 Å². The van der Waals surface area contributed by atoms with Crippen molar-refractivity contribution >= 4 is 17.6 Å². The molecule has 0 saturated heterocycles. The second-order valence-corrected chi connectivity index (χ2v) is 3.06. The second-order valence-electron chi connectivity index (χ2n) is 2.68. The highest BCUT2D eigenvalue weighted by Crippen LogP contribution is 2.25. The van der Waals surface area contributed by atoms with Gasteiger partial charge in [0.25, 0.3) is 6.43 Å². The Bertz CT molecular complexity index is 398. The molecule has 0 unspecified atom stereocenters. The SMILES string of the molecule is O=C(O)Cc1cc(C(F)F)nc(F)c1Cl. The maximum Gasteiger partial charge on any atom is 0.307 e. The van der Waals surface area contributed by atoms with Crippen LogP contribution in [0, 0.1) is 5.95 Å². The number of rotatable bonds is 3. The van der Waals surface area contributed by atoms with Gasteiger partial charge >= 0.3 is 5.97 Å². The van der Waals surface area contributed by atoms with Crippen molar-refractivity contribution in [3.63, 3.8) is 0 Å². The number of alkyl halides is 2. The summed E-state index contributed by atoms with van der Waals surface area (Å²) >= 11 is 5.37. The fraction of sp³-hybridized carbons (Fsp3) is 0.250. The van der Waals surface area contributed by atoms with Gasteiger partial charge in [-0.2, -0.15) is 4.39 Å². The third-order valence-corrected chi connectivity index (χ3v) is 1.98. The smallest absolute Gasteiger partial charge is 0.307 e. The summed E-state index contributed by atoms with van der Waals surface area (Å²) in [5.74, 6) is -2.58. The first-order valence-electron chi connectivity index (χ1n) is 3.76. The summed E-state index contributed by atoms with van der Waals surface area (Å²) in [7, 11) is 0. The Kier molecular flexibility index (Phi) is 3.52. The number of pyridine rings is 1. The molecule has 3 nitrogen and oxygen atoms in total. The highest BCUT2D eigenvalue weighted by molar-refractivity contribution is 6.31. The Morgan fingerprint density at radius 1 is 1.60 bits per heavy atom. The van der Waals surface area contributed by atoms with Crippen molar-refractivity contribution in [2.75, 3.05) is 0 Å². The lowest BCUT2D eigenvalue weighted by Crippen LogP contribution is -2.05. The average molecular weight is 240 g/mol. The van der Waals surface area contributed by atoms with E-state index >= 15 is 0 Å². The van der Waals surface area contributed by atoms with Crippen molar-refractivity contribution in [3.8, 4) is 0 Å². The van der Waals surface area contributed by atoms with Gasteiger partial charge in [0.1, 0.15) is 5.69 Å². The van der Waals surface area contributed by atoms with Crippen molar-refractivity contribution in [2.45, 2.75) is 12.8 Å². The molecule has 1 rings (SSSR count). The summed E-state index contributed by atoms with van der Waals surface area (Å²) in [4.78, 5) is 13.2. The van der Waals surface area contributed by atoms with E-state index in [0.29, 0.717) is 0 Å². The molecule has 15 heavy (non-hydrogen) atoms. The van der Waals surface area contributed by atoms with Gasteiger partial charge in [-0.05, 0) is 11.6 Å². The van der Waals surface area contributed by atoms with E-state index < -0.39 is 35.5 Å². The predicted molar refractivity (Wildman–Crippen MR) is 45.5 cm³/mol. The van der Waals surface area contributed by atoms with E-state index in [-0.39, 0.29) is 5.56 Å². The van der Waals surface area contributed by atoms with Crippen LogP contribution in [-0.4, -0.2) is 16.1 Å². The minimum absolute atomic E-state index is 0.216. The van der Waals surface area contributed by atoms with Crippen molar-refractivity contribution in [2.24, 2.45) is 0 Å². The number of carboxylic acids is 1. The monoisotopic (exact) mass is 239 g/mol. The van der Waals surface area contributed by atoms with Crippen LogP contribution in [0.1, 0.15) is 17.7 Å². The fourth-order valence-corrected chi connectivity index (χ4v) is 1.14. The van der Waals surface area contributed by atoms with Gasteiger partial charge in [-0.3, -0.25) is 4.79 Å². The first-order valence-corrected chi connectivity index (χ1v) is 4.14. The first kappa shape index (κ1) is 11.8. The standard InChI is InChI=1S/C8H5ClF3NO2/c9-6-3(2-5(14)15)1-4(7(10)11)13-8(6)12/h1,7H,2H2,(H,14,15). The minimum Gasteiger partial charge on any atom is -0.481 e. The highest BCUT2D eigenvalue weighted by atomic mass is 35.5. The van der Waals surface area contributed by atoms with Gasteiger partial charge in [-0.25, -0.2) is 13.8 Å². The third kappa shape index (κ3) is 2.82. The first-order chi connectivity index (χ1) is 6.91. The summed E-state index contributed by atoms with van der Waals surface area (Å²) in [5.41, 5.74) is -1.04. The Labute approximate surface area is 87.5 Å². The molecule has 0 bridgehead atoms. The molecule has 0 aromatic carbocycles. The number of halogens is 4. The molecule has 1 aromatic heterocycles. The van der Waals surface area contributed by atoms with E-state index in [1.54, 1.807) is 0 Å². The van der Waals surface area contributed by atoms with Gasteiger partial charge in [0.05, 0.1) is 11.4 Å². The van der Waals surface area contributed by atoms with E-state index in [9.17, 15) is 18.0 Å². The molecule has 0 aliphatic rings. The molecule has 1 N–H and O–H groups in total. The number of carboxylic acid groups (broad SMARTS) is 1. The van der Waals surface area contributed by atoms with Gasteiger partial charge in [-0.1, -0.05) is 11.6 Å². The van der Waals surface area contributed by atoms with Crippen LogP contribution in [0.2, 0.25) is 5.02 Å². The lowest BCUT2D eigenvalue weighted by Gasteiger charge is -2.05. The molecule has 0 atom stereocenters. The van der Waals surface area contributed by atoms with Crippen LogP contribution >= 0.6 is 11.6 Å². The Morgan fingerprint density at radius 3 is 2.67 bits per heavy atom. The summed E-state index contributed by atoms with van der Waals surface area (Å²) in [6.07, 6.45) is -3.60. The number of aromatic nitrogens is 1. The van der Waals surface area contributed by atoms with Crippen molar-refractivity contribution in [1.29, 1.82) is 0 Å². The summed E-state index contributed by atoms with van der Waals surface area (Å²) < 4.78 is 37.2. The van der Waals surface area contributed by atoms with Gasteiger partial charge in [0.15, 0.2) is 0 Å². The molecule has 0 fully saturated rings. The number of hydrogen-bond acceptors (Lipinski definition) is 2. The minimum atomic E-state index is -2.97. The summed E-state index contributed by atoms with van der Waals surface area (Å²) in [5, 5.41) is 7.88. The van der Waals surface area contributed by atoms with Crippen LogP contribution in [0.3, 0.4) is 0 Å². The van der Waals surface area contributed by atoms with Crippen LogP contribution in [0.5, 0.6) is 0 Å². The Balaban J connectivity index is 3.18. The molecule has 0 aliphatic heterocycles. The Hall–Kier alpha value is -1.30. The number of nitrogens with zero attached hydrogens (tertiary/aromatic N) is 1. The second kappa shape index (κ2) is 4.48. The van der Waals surface area contributed by atoms with Crippen LogP contribution in [0.4, 0.5) is 13.2 Å². The van der Waals surface area contributed by atoms with Gasteiger partial charge in [0, 0.05) is 0 Å². The van der Waals surface area contributed by atoms with E-state index in [2.05, 4.69) is 4.98 Å². The number of aliphatic carboxylic acids is 1. The molecule has 0 saturated carbocycles. The lowest BCUT2D eigenvalue weighted by atomic mass is 10.1. The van der Waals surface area contributed by atoms with Crippen molar-refractivity contribution in [3.05, 3.63) is 28.3 Å². The normalized spacial score (nSPS) is 10.7. The summed E-state index contributed by atoms with van der Waals surface area (Å²) in [6, 6.07) is 0.782. The van der Waals surface area contributed by atoms with E-state index in [4.69, 9.17) is 16.7 Å². The molecule has 0 amide bonds. The molecule has 0 aliphatic carbocycles. The van der Waals surface area contributed by atoms with E-state index in [1.165, 1.54) is 0 Å². The predicted octanol–water partition coefficient (Wildman–Crippen LogP) is 2.44. The zero-order chi connectivity index (χ0) is 11.6.